The molecule has 0 saturated heterocycles. The molecule has 2 aromatic carbocycles. The Morgan fingerprint density at radius 1 is 1.36 bits per heavy atom. The smallest absolute Gasteiger partial charge is 0.306 e. The minimum absolute atomic E-state index is 0.0718. The quantitative estimate of drug-likeness (QED) is 0.428. The van der Waals surface area contributed by atoms with Crippen LogP contribution in [0.2, 0.25) is 0 Å². The zero-order chi connectivity index (χ0) is 18.0. The van der Waals surface area contributed by atoms with Gasteiger partial charge in [0.25, 0.3) is 0 Å². The average Bonchev–Trinajstić information content (AvgIpc) is 2.91. The number of rotatable bonds is 5. The number of amides is 1. The Balaban J connectivity index is 1.67. The molecule has 1 amide bonds. The Bertz CT molecular complexity index is 973. The maximum absolute atomic E-state index is 13.3. The number of aryl methyl sites for hydroxylation is 1. The van der Waals surface area contributed by atoms with Gasteiger partial charge in [-0.1, -0.05) is 23.9 Å². The van der Waals surface area contributed by atoms with Crippen LogP contribution in [0.5, 0.6) is 0 Å². The van der Waals surface area contributed by atoms with E-state index in [0.29, 0.717) is 5.16 Å². The van der Waals surface area contributed by atoms with Gasteiger partial charge in [0, 0.05) is 18.8 Å². The third kappa shape index (κ3) is 3.61. The number of carbonyl (C=O) groups excluding carboxylic acids is 1. The molecule has 0 saturated carbocycles. The minimum Gasteiger partial charge on any atom is -0.325 e. The number of benzene rings is 2. The van der Waals surface area contributed by atoms with E-state index in [9.17, 15) is 19.3 Å². The highest BCUT2D eigenvalue weighted by molar-refractivity contribution is 7.99. The molecule has 9 heteroatoms. The lowest BCUT2D eigenvalue weighted by atomic mass is 10.2. The molecule has 1 aromatic heterocycles. The predicted octanol–water partition coefficient (Wildman–Crippen LogP) is 3.35. The summed E-state index contributed by atoms with van der Waals surface area (Å²) in [5.41, 5.74) is 1.28. The van der Waals surface area contributed by atoms with Gasteiger partial charge >= 0.3 is 5.69 Å². The summed E-state index contributed by atoms with van der Waals surface area (Å²) in [7, 11) is 1.86. The third-order valence-corrected chi connectivity index (χ3v) is 4.53. The lowest BCUT2D eigenvalue weighted by molar-refractivity contribution is -0.387. The van der Waals surface area contributed by atoms with E-state index in [2.05, 4.69) is 10.3 Å². The second-order valence-corrected chi connectivity index (χ2v) is 6.14. The van der Waals surface area contributed by atoms with Crippen molar-refractivity contribution < 1.29 is 14.1 Å². The standard InChI is InChI=1S/C16H13FN4O3S/c1-20-13-5-3-2-4-12(13)19-16(20)25-9-15(22)18-10-6-7-11(17)14(8-10)21(23)24/h2-8H,9H2,1H3,(H,18,22). The Morgan fingerprint density at radius 2 is 2.12 bits per heavy atom. The number of aromatic nitrogens is 2. The van der Waals surface area contributed by atoms with E-state index < -0.39 is 16.4 Å². The molecule has 25 heavy (non-hydrogen) atoms. The monoisotopic (exact) mass is 360 g/mol. The van der Waals surface area contributed by atoms with Crippen molar-refractivity contribution in [1.82, 2.24) is 9.55 Å². The first-order chi connectivity index (χ1) is 12.0. The number of fused-ring (bicyclic) bond motifs is 1. The van der Waals surface area contributed by atoms with Crippen molar-refractivity contribution in [2.45, 2.75) is 5.16 Å². The van der Waals surface area contributed by atoms with Crippen LogP contribution in [0.15, 0.2) is 47.6 Å². The number of nitrogens with zero attached hydrogens (tertiary/aromatic N) is 3. The van der Waals surface area contributed by atoms with Crippen molar-refractivity contribution in [3.05, 3.63) is 58.4 Å². The number of halogens is 1. The molecule has 128 valence electrons. The molecule has 1 heterocycles. The molecule has 0 atom stereocenters. The summed E-state index contributed by atoms with van der Waals surface area (Å²) in [4.78, 5) is 26.4. The van der Waals surface area contributed by atoms with Crippen LogP contribution in [0.4, 0.5) is 15.8 Å². The van der Waals surface area contributed by atoms with E-state index in [1.54, 1.807) is 0 Å². The van der Waals surface area contributed by atoms with Crippen molar-refractivity contribution in [2.75, 3.05) is 11.1 Å². The summed E-state index contributed by atoms with van der Waals surface area (Å²) < 4.78 is 15.2. The van der Waals surface area contributed by atoms with Gasteiger partial charge in [-0.05, 0) is 24.3 Å². The third-order valence-electron chi connectivity index (χ3n) is 3.51. The predicted molar refractivity (Wildman–Crippen MR) is 93.1 cm³/mol. The molecule has 0 fully saturated rings. The van der Waals surface area contributed by atoms with Gasteiger partial charge in [0.2, 0.25) is 11.7 Å². The van der Waals surface area contributed by atoms with Crippen molar-refractivity contribution in [2.24, 2.45) is 7.05 Å². The zero-order valence-corrected chi connectivity index (χ0v) is 13.9. The van der Waals surface area contributed by atoms with Gasteiger partial charge in [0.05, 0.1) is 21.7 Å². The number of nitro benzene ring substituents is 1. The number of para-hydroxylation sites is 2. The van der Waals surface area contributed by atoms with E-state index in [1.807, 2.05) is 35.9 Å². The summed E-state index contributed by atoms with van der Waals surface area (Å²) in [6.07, 6.45) is 0. The van der Waals surface area contributed by atoms with E-state index in [1.165, 1.54) is 17.8 Å². The van der Waals surface area contributed by atoms with Gasteiger partial charge in [-0.15, -0.1) is 0 Å². The summed E-state index contributed by atoms with van der Waals surface area (Å²) in [6.45, 7) is 0. The first-order valence-electron chi connectivity index (χ1n) is 7.24. The number of hydrogen-bond donors (Lipinski definition) is 1. The summed E-state index contributed by atoms with van der Waals surface area (Å²) in [6, 6.07) is 10.8. The molecule has 0 unspecified atom stereocenters. The first kappa shape index (κ1) is 16.9. The molecule has 0 aliphatic heterocycles. The highest BCUT2D eigenvalue weighted by Crippen LogP contribution is 2.24. The molecule has 7 nitrogen and oxygen atoms in total. The fourth-order valence-corrected chi connectivity index (χ4v) is 3.10. The maximum Gasteiger partial charge on any atom is 0.306 e. The van der Waals surface area contributed by atoms with E-state index in [-0.39, 0.29) is 17.3 Å². The van der Waals surface area contributed by atoms with Crippen LogP contribution in [-0.2, 0) is 11.8 Å². The van der Waals surface area contributed by atoms with Crippen LogP contribution >= 0.6 is 11.8 Å². The van der Waals surface area contributed by atoms with Gasteiger partial charge in [-0.25, -0.2) is 4.98 Å². The Morgan fingerprint density at radius 3 is 2.84 bits per heavy atom. The first-order valence-corrected chi connectivity index (χ1v) is 8.22. The van der Waals surface area contributed by atoms with Crippen molar-refractivity contribution >= 4 is 40.1 Å². The van der Waals surface area contributed by atoms with Crippen LogP contribution < -0.4 is 5.32 Å². The topological polar surface area (TPSA) is 90.1 Å². The Kier molecular flexibility index (Phi) is 4.66. The summed E-state index contributed by atoms with van der Waals surface area (Å²) in [5, 5.41) is 13.9. The SMILES string of the molecule is Cn1c(SCC(=O)Nc2ccc(F)c([N+](=O)[O-])c2)nc2ccccc21. The second kappa shape index (κ2) is 6.89. The zero-order valence-electron chi connectivity index (χ0n) is 13.1. The lowest BCUT2D eigenvalue weighted by Crippen LogP contribution is -2.14. The summed E-state index contributed by atoms with van der Waals surface area (Å²) in [5.74, 6) is -1.24. The number of imidazole rings is 1. The van der Waals surface area contributed by atoms with Crippen molar-refractivity contribution in [3.8, 4) is 0 Å². The Labute approximate surface area is 146 Å². The summed E-state index contributed by atoms with van der Waals surface area (Å²) >= 11 is 1.25. The number of anilines is 1. The fourth-order valence-electron chi connectivity index (χ4n) is 2.31. The van der Waals surface area contributed by atoms with Gasteiger partial charge in [0.15, 0.2) is 5.16 Å². The van der Waals surface area contributed by atoms with Gasteiger partial charge in [0.1, 0.15) is 0 Å². The van der Waals surface area contributed by atoms with Crippen molar-refractivity contribution in [3.63, 3.8) is 0 Å². The van der Waals surface area contributed by atoms with Crippen LogP contribution in [0.1, 0.15) is 0 Å². The molecule has 0 spiro atoms. The average molecular weight is 360 g/mol. The normalized spacial score (nSPS) is 10.8. The number of hydrogen-bond acceptors (Lipinski definition) is 5. The number of nitrogens with one attached hydrogen (secondary N) is 1. The van der Waals surface area contributed by atoms with Crippen LogP contribution in [0.25, 0.3) is 11.0 Å². The molecule has 0 bridgehead atoms. The van der Waals surface area contributed by atoms with Crippen molar-refractivity contribution in [1.29, 1.82) is 0 Å². The molecule has 1 N–H and O–H groups in total. The van der Waals surface area contributed by atoms with Crippen LogP contribution in [-0.4, -0.2) is 26.1 Å². The largest absolute Gasteiger partial charge is 0.325 e. The maximum atomic E-state index is 13.3. The van der Waals surface area contributed by atoms with E-state index >= 15 is 0 Å². The number of thioether (sulfide) groups is 1. The molecular formula is C16H13FN4O3S. The van der Waals surface area contributed by atoms with Gasteiger partial charge < -0.3 is 9.88 Å². The molecule has 3 aromatic rings. The highest BCUT2D eigenvalue weighted by atomic mass is 32.2. The number of nitro groups is 1. The van der Waals surface area contributed by atoms with Crippen LogP contribution in [0, 0.1) is 15.9 Å². The van der Waals surface area contributed by atoms with E-state index in [0.717, 1.165) is 23.2 Å². The van der Waals surface area contributed by atoms with E-state index in [4.69, 9.17) is 0 Å². The molecule has 0 aliphatic carbocycles. The lowest BCUT2D eigenvalue weighted by Gasteiger charge is -2.05. The fraction of sp³-hybridized carbons (Fsp3) is 0.125. The molecular weight excluding hydrogens is 347 g/mol. The highest BCUT2D eigenvalue weighted by Gasteiger charge is 2.16. The second-order valence-electron chi connectivity index (χ2n) is 5.20. The minimum atomic E-state index is -0.947. The molecule has 0 aliphatic rings. The van der Waals surface area contributed by atoms with Gasteiger partial charge in [-0.2, -0.15) is 4.39 Å². The number of carbonyl (C=O) groups is 1. The Hall–Kier alpha value is -2.94. The van der Waals surface area contributed by atoms with Gasteiger partial charge in [-0.3, -0.25) is 14.9 Å². The van der Waals surface area contributed by atoms with Crippen LogP contribution in [0.3, 0.4) is 0 Å². The molecule has 0 radical (unpaired) electrons. The molecule has 3 rings (SSSR count).